The van der Waals surface area contributed by atoms with Gasteiger partial charge in [0.15, 0.2) is 5.82 Å². The Morgan fingerprint density at radius 1 is 1.37 bits per heavy atom. The number of nitrogens with zero attached hydrogens (tertiary/aromatic N) is 3. The van der Waals surface area contributed by atoms with E-state index in [1.54, 1.807) is 6.92 Å². The molecule has 27 heavy (non-hydrogen) atoms. The van der Waals surface area contributed by atoms with E-state index in [9.17, 15) is 4.79 Å². The van der Waals surface area contributed by atoms with E-state index in [0.29, 0.717) is 43.1 Å². The van der Waals surface area contributed by atoms with Crippen LogP contribution in [0.4, 0.5) is 0 Å². The van der Waals surface area contributed by atoms with E-state index in [2.05, 4.69) is 10.1 Å². The summed E-state index contributed by atoms with van der Waals surface area (Å²) in [5, 5.41) is 4.53. The largest absolute Gasteiger partial charge is 0.493 e. The van der Waals surface area contributed by atoms with Crippen LogP contribution in [0.5, 0.6) is 5.75 Å². The molecule has 5 rings (SSSR count). The average Bonchev–Trinajstić information content (AvgIpc) is 3.23. The van der Waals surface area contributed by atoms with Gasteiger partial charge >= 0.3 is 0 Å². The Morgan fingerprint density at radius 3 is 3.07 bits per heavy atom. The Kier molecular flexibility index (Phi) is 3.91. The molecule has 0 radical (unpaired) electrons. The van der Waals surface area contributed by atoms with E-state index in [4.69, 9.17) is 25.6 Å². The number of carbonyl (C=O) groups excluding carboxylic acids is 1. The smallest absolute Gasteiger partial charge is 0.251 e. The summed E-state index contributed by atoms with van der Waals surface area (Å²) in [5.41, 5.74) is 0.876. The van der Waals surface area contributed by atoms with Gasteiger partial charge < -0.3 is 18.9 Å². The number of halogens is 1. The van der Waals surface area contributed by atoms with E-state index >= 15 is 0 Å². The summed E-state index contributed by atoms with van der Waals surface area (Å²) in [6, 6.07) is 5.34. The molecule has 1 aromatic carbocycles. The van der Waals surface area contributed by atoms with Crippen molar-refractivity contribution in [3.8, 4) is 5.75 Å². The quantitative estimate of drug-likeness (QED) is 0.785. The Bertz CT molecular complexity index is 901. The molecule has 8 heteroatoms. The van der Waals surface area contributed by atoms with Gasteiger partial charge in [-0.05, 0) is 38.0 Å². The van der Waals surface area contributed by atoms with Gasteiger partial charge in [-0.15, -0.1) is 0 Å². The Hall–Kier alpha value is -2.12. The van der Waals surface area contributed by atoms with Crippen molar-refractivity contribution in [2.45, 2.75) is 31.2 Å². The topological polar surface area (TPSA) is 77.7 Å². The van der Waals surface area contributed by atoms with Crippen LogP contribution in [0.2, 0.25) is 5.02 Å². The number of morpholine rings is 1. The molecule has 1 saturated carbocycles. The highest BCUT2D eigenvalue weighted by Gasteiger charge is 2.62. The number of benzene rings is 1. The number of aromatic nitrogens is 2. The predicted octanol–water partition coefficient (Wildman–Crippen LogP) is 2.67. The monoisotopic (exact) mass is 389 g/mol. The van der Waals surface area contributed by atoms with E-state index in [1.165, 1.54) is 0 Å². The van der Waals surface area contributed by atoms with Crippen LogP contribution in [0.25, 0.3) is 0 Å². The summed E-state index contributed by atoms with van der Waals surface area (Å²) in [6.07, 6.45) is 1.64. The summed E-state index contributed by atoms with van der Waals surface area (Å²) in [7, 11) is 0. The fourth-order valence-corrected chi connectivity index (χ4v) is 4.59. The first-order valence-corrected chi connectivity index (χ1v) is 9.57. The minimum absolute atomic E-state index is 0.0803. The molecule has 2 fully saturated rings. The van der Waals surface area contributed by atoms with Gasteiger partial charge in [0, 0.05) is 28.5 Å². The maximum absolute atomic E-state index is 13.4. The van der Waals surface area contributed by atoms with Crippen molar-refractivity contribution in [2.24, 2.45) is 5.92 Å². The van der Waals surface area contributed by atoms with Gasteiger partial charge in [-0.25, -0.2) is 0 Å². The molecule has 1 aliphatic carbocycles. The molecule has 2 aliphatic heterocycles. The van der Waals surface area contributed by atoms with Gasteiger partial charge in [0.25, 0.3) is 5.89 Å². The number of fused-ring (bicyclic) bond motifs is 2. The lowest BCUT2D eigenvalue weighted by Gasteiger charge is -2.35. The lowest BCUT2D eigenvalue weighted by Crippen LogP contribution is -2.45. The Labute approximate surface area is 161 Å². The van der Waals surface area contributed by atoms with Gasteiger partial charge in [-0.2, -0.15) is 4.98 Å². The van der Waals surface area contributed by atoms with E-state index in [-0.39, 0.29) is 23.3 Å². The first-order valence-electron chi connectivity index (χ1n) is 9.20. The molecule has 1 spiro atoms. The number of hydrogen-bond acceptors (Lipinski definition) is 6. The van der Waals surface area contributed by atoms with Crippen molar-refractivity contribution in [1.29, 1.82) is 0 Å². The molecule has 3 atom stereocenters. The molecule has 3 aliphatic rings. The minimum Gasteiger partial charge on any atom is -0.493 e. The summed E-state index contributed by atoms with van der Waals surface area (Å²) in [4.78, 5) is 19.6. The van der Waals surface area contributed by atoms with E-state index in [1.807, 2.05) is 23.1 Å². The van der Waals surface area contributed by atoms with Crippen LogP contribution >= 0.6 is 11.6 Å². The van der Waals surface area contributed by atoms with Gasteiger partial charge in [-0.1, -0.05) is 16.8 Å². The van der Waals surface area contributed by atoms with Crippen molar-refractivity contribution in [3.63, 3.8) is 0 Å². The molecule has 0 N–H and O–H groups in total. The highest BCUT2D eigenvalue weighted by atomic mass is 35.5. The molecule has 2 aromatic rings. The number of amides is 1. The lowest BCUT2D eigenvalue weighted by molar-refractivity contribution is -0.143. The van der Waals surface area contributed by atoms with Crippen molar-refractivity contribution in [2.75, 3.05) is 26.4 Å². The van der Waals surface area contributed by atoms with Gasteiger partial charge in [0.05, 0.1) is 19.8 Å². The SMILES string of the molecule is Cc1noc([C@@H]2COCCN2C(=O)[C@@H]2C[C@]23CCOc2ccc(Cl)cc23)n1. The molecular weight excluding hydrogens is 370 g/mol. The predicted molar refractivity (Wildman–Crippen MR) is 95.7 cm³/mol. The third kappa shape index (κ3) is 2.72. The van der Waals surface area contributed by atoms with Crippen LogP contribution in [-0.4, -0.2) is 47.3 Å². The minimum atomic E-state index is -0.330. The number of ether oxygens (including phenoxy) is 2. The maximum Gasteiger partial charge on any atom is 0.251 e. The van der Waals surface area contributed by atoms with Crippen LogP contribution in [0.1, 0.15) is 36.2 Å². The van der Waals surface area contributed by atoms with Crippen LogP contribution in [0, 0.1) is 12.8 Å². The molecule has 3 heterocycles. The second-order valence-electron chi connectivity index (χ2n) is 7.45. The number of aryl methyl sites for hydroxylation is 1. The third-order valence-electron chi connectivity index (χ3n) is 5.90. The van der Waals surface area contributed by atoms with E-state index < -0.39 is 0 Å². The van der Waals surface area contributed by atoms with Gasteiger partial charge in [-0.3, -0.25) is 4.79 Å². The molecule has 0 unspecified atom stereocenters. The second-order valence-corrected chi connectivity index (χ2v) is 7.89. The first-order chi connectivity index (χ1) is 13.1. The van der Waals surface area contributed by atoms with Crippen molar-refractivity contribution < 1.29 is 18.8 Å². The third-order valence-corrected chi connectivity index (χ3v) is 6.13. The normalized spacial score (nSPS) is 29.3. The van der Waals surface area contributed by atoms with Crippen LogP contribution < -0.4 is 4.74 Å². The summed E-state index contributed by atoms with van der Waals surface area (Å²) < 4.78 is 16.7. The summed E-state index contributed by atoms with van der Waals surface area (Å²) >= 11 is 6.22. The molecule has 0 bridgehead atoms. The molecule has 1 saturated heterocycles. The lowest BCUT2D eigenvalue weighted by atomic mass is 9.87. The van der Waals surface area contributed by atoms with Gasteiger partial charge in [0.1, 0.15) is 11.8 Å². The van der Waals surface area contributed by atoms with Crippen LogP contribution in [-0.2, 0) is 14.9 Å². The zero-order chi connectivity index (χ0) is 18.6. The highest BCUT2D eigenvalue weighted by Crippen LogP contribution is 2.61. The standard InChI is InChI=1S/C19H20ClN3O4/c1-11-21-17(27-22-11)15-10-25-7-5-23(15)18(24)14-9-19(14)4-6-26-16-3-2-12(20)8-13(16)19/h2-3,8,14-15H,4-7,9-10H2,1H3/t14-,15-,19-/m0/s1. The fourth-order valence-electron chi connectivity index (χ4n) is 4.42. The zero-order valence-corrected chi connectivity index (χ0v) is 15.7. The Balaban J connectivity index is 1.43. The first kappa shape index (κ1) is 17.0. The zero-order valence-electron chi connectivity index (χ0n) is 15.0. The van der Waals surface area contributed by atoms with Crippen molar-refractivity contribution >= 4 is 17.5 Å². The number of hydrogen-bond donors (Lipinski definition) is 0. The summed E-state index contributed by atoms with van der Waals surface area (Å²) in [5.74, 6) is 1.87. The summed E-state index contributed by atoms with van der Waals surface area (Å²) in [6.45, 7) is 3.80. The van der Waals surface area contributed by atoms with Crippen LogP contribution in [0.15, 0.2) is 22.7 Å². The maximum atomic E-state index is 13.4. The molecule has 142 valence electrons. The molecular formula is C19H20ClN3O4. The van der Waals surface area contributed by atoms with Crippen LogP contribution in [0.3, 0.4) is 0 Å². The second kappa shape index (κ2) is 6.21. The van der Waals surface area contributed by atoms with E-state index in [0.717, 1.165) is 24.2 Å². The number of carbonyl (C=O) groups is 1. The highest BCUT2D eigenvalue weighted by molar-refractivity contribution is 6.30. The number of rotatable bonds is 2. The fraction of sp³-hybridized carbons (Fsp3) is 0.526. The Morgan fingerprint density at radius 2 is 2.26 bits per heavy atom. The van der Waals surface area contributed by atoms with Gasteiger partial charge in [0.2, 0.25) is 5.91 Å². The molecule has 1 aromatic heterocycles. The van der Waals surface area contributed by atoms with Crippen molar-refractivity contribution in [3.05, 3.63) is 40.5 Å². The average molecular weight is 390 g/mol. The molecule has 1 amide bonds. The molecule has 7 nitrogen and oxygen atoms in total. The van der Waals surface area contributed by atoms with Crippen molar-refractivity contribution in [1.82, 2.24) is 15.0 Å².